The summed E-state index contributed by atoms with van der Waals surface area (Å²) < 4.78 is 39.9. The Labute approximate surface area is 236 Å². The molecule has 0 aromatic heterocycles. The first-order chi connectivity index (χ1) is 19.2. The first kappa shape index (κ1) is 30.5. The Morgan fingerprint density at radius 2 is 1.60 bits per heavy atom. The van der Waals surface area contributed by atoms with Gasteiger partial charge in [0, 0.05) is 19.2 Å². The van der Waals surface area contributed by atoms with Gasteiger partial charge < -0.3 is 19.7 Å². The molecule has 0 saturated carbocycles. The van der Waals surface area contributed by atoms with Gasteiger partial charge in [-0.25, -0.2) is 8.42 Å². The molecule has 2 amide bonds. The Kier molecular flexibility index (Phi) is 10.6. The number of rotatable bonds is 13. The highest BCUT2D eigenvalue weighted by Crippen LogP contribution is 2.36. The molecule has 0 fully saturated rings. The van der Waals surface area contributed by atoms with E-state index in [2.05, 4.69) is 5.32 Å². The second kappa shape index (κ2) is 13.8. The zero-order chi connectivity index (χ0) is 29.3. The van der Waals surface area contributed by atoms with Crippen molar-refractivity contribution < 1.29 is 27.5 Å². The molecule has 0 saturated heterocycles. The zero-order valence-corrected chi connectivity index (χ0v) is 24.4. The molecule has 0 aliphatic rings. The molecule has 1 atom stereocenters. The molecule has 1 unspecified atom stereocenters. The Balaban J connectivity index is 2.15. The minimum Gasteiger partial charge on any atom is -0.497 e. The van der Waals surface area contributed by atoms with Crippen molar-refractivity contribution in [1.82, 2.24) is 10.2 Å². The second-order valence-corrected chi connectivity index (χ2v) is 11.0. The van der Waals surface area contributed by atoms with E-state index in [1.165, 1.54) is 37.3 Å². The van der Waals surface area contributed by atoms with Gasteiger partial charge in [-0.1, -0.05) is 49.4 Å². The minimum atomic E-state index is -4.23. The predicted octanol–water partition coefficient (Wildman–Crippen LogP) is 4.15. The fourth-order valence-corrected chi connectivity index (χ4v) is 5.84. The SMILES string of the molecule is CCNC(=O)C(CC)N(Cc1ccccc1C)C(=O)CN(c1cc(OC)ccc1OC)S(=O)(=O)c1ccccc1. The number of ether oxygens (including phenoxy) is 2. The molecule has 0 bridgehead atoms. The van der Waals surface area contributed by atoms with E-state index in [4.69, 9.17) is 9.47 Å². The molecular weight excluding hydrogens is 530 g/mol. The third-order valence-corrected chi connectivity index (χ3v) is 8.38. The van der Waals surface area contributed by atoms with Gasteiger partial charge >= 0.3 is 0 Å². The average Bonchev–Trinajstić information content (AvgIpc) is 2.96. The van der Waals surface area contributed by atoms with Crippen LogP contribution in [0.2, 0.25) is 0 Å². The quantitative estimate of drug-likeness (QED) is 0.333. The Morgan fingerprint density at radius 1 is 0.925 bits per heavy atom. The highest BCUT2D eigenvalue weighted by atomic mass is 32.2. The van der Waals surface area contributed by atoms with E-state index in [0.717, 1.165) is 15.4 Å². The van der Waals surface area contributed by atoms with E-state index < -0.39 is 28.5 Å². The lowest BCUT2D eigenvalue weighted by Gasteiger charge is -2.33. The van der Waals surface area contributed by atoms with Gasteiger partial charge in [-0.05, 0) is 55.7 Å². The molecule has 3 aromatic carbocycles. The van der Waals surface area contributed by atoms with Crippen LogP contribution in [0.1, 0.15) is 31.4 Å². The van der Waals surface area contributed by atoms with Gasteiger partial charge in [-0.15, -0.1) is 0 Å². The van der Waals surface area contributed by atoms with Crippen molar-refractivity contribution in [3.8, 4) is 11.5 Å². The summed E-state index contributed by atoms with van der Waals surface area (Å²) in [7, 11) is -1.34. The van der Waals surface area contributed by atoms with Gasteiger partial charge in [-0.3, -0.25) is 13.9 Å². The molecule has 0 radical (unpaired) electrons. The van der Waals surface area contributed by atoms with Crippen molar-refractivity contribution >= 4 is 27.5 Å². The molecule has 9 nitrogen and oxygen atoms in total. The summed E-state index contributed by atoms with van der Waals surface area (Å²) in [6, 6.07) is 19.4. The second-order valence-electron chi connectivity index (χ2n) is 9.13. The van der Waals surface area contributed by atoms with E-state index >= 15 is 0 Å². The predicted molar refractivity (Wildman–Crippen MR) is 155 cm³/mol. The monoisotopic (exact) mass is 567 g/mol. The highest BCUT2D eigenvalue weighted by Gasteiger charge is 2.35. The molecule has 3 rings (SSSR count). The third-order valence-electron chi connectivity index (χ3n) is 6.60. The van der Waals surface area contributed by atoms with Crippen molar-refractivity contribution in [2.45, 2.75) is 44.7 Å². The number of carbonyl (C=O) groups excluding carboxylic acids is 2. The zero-order valence-electron chi connectivity index (χ0n) is 23.6. The topological polar surface area (TPSA) is 105 Å². The van der Waals surface area contributed by atoms with Gasteiger partial charge in [0.2, 0.25) is 11.8 Å². The fourth-order valence-electron chi connectivity index (χ4n) is 4.41. The van der Waals surface area contributed by atoms with Crippen molar-refractivity contribution in [2.24, 2.45) is 0 Å². The van der Waals surface area contributed by atoms with Gasteiger partial charge in [0.25, 0.3) is 10.0 Å². The van der Waals surface area contributed by atoms with E-state index in [0.29, 0.717) is 18.7 Å². The van der Waals surface area contributed by atoms with Gasteiger partial charge in [-0.2, -0.15) is 0 Å². The number of hydrogen-bond acceptors (Lipinski definition) is 6. The van der Waals surface area contributed by atoms with Crippen LogP contribution >= 0.6 is 0 Å². The summed E-state index contributed by atoms with van der Waals surface area (Å²) in [5, 5.41) is 2.81. The largest absolute Gasteiger partial charge is 0.497 e. The van der Waals surface area contributed by atoms with Crippen molar-refractivity contribution in [1.29, 1.82) is 0 Å². The fraction of sp³-hybridized carbons (Fsp3) is 0.333. The number of amides is 2. The number of benzene rings is 3. The Bertz CT molecular complexity index is 1410. The van der Waals surface area contributed by atoms with E-state index in [-0.39, 0.29) is 28.8 Å². The van der Waals surface area contributed by atoms with Gasteiger partial charge in [0.1, 0.15) is 24.1 Å². The van der Waals surface area contributed by atoms with Crippen LogP contribution in [-0.2, 0) is 26.2 Å². The lowest BCUT2D eigenvalue weighted by molar-refractivity contribution is -0.140. The van der Waals surface area contributed by atoms with Crippen LogP contribution in [0, 0.1) is 6.92 Å². The summed E-state index contributed by atoms with van der Waals surface area (Å²) in [6.07, 6.45) is 0.345. The van der Waals surface area contributed by atoms with Crippen LogP contribution < -0.4 is 19.1 Å². The normalized spacial score (nSPS) is 11.8. The average molecular weight is 568 g/mol. The summed E-state index contributed by atoms with van der Waals surface area (Å²) in [4.78, 5) is 28.7. The number of carbonyl (C=O) groups is 2. The molecule has 0 aliphatic heterocycles. The number of hydrogen-bond donors (Lipinski definition) is 1. The van der Waals surface area contributed by atoms with Crippen molar-refractivity contribution in [3.05, 3.63) is 83.9 Å². The van der Waals surface area contributed by atoms with Crippen LogP contribution in [0.15, 0.2) is 77.7 Å². The molecule has 40 heavy (non-hydrogen) atoms. The van der Waals surface area contributed by atoms with Crippen LogP contribution in [0.25, 0.3) is 0 Å². The lowest BCUT2D eigenvalue weighted by atomic mass is 10.1. The molecular formula is C30H37N3O6S. The maximum absolute atomic E-state index is 14.2. The number of methoxy groups -OCH3 is 2. The number of nitrogens with one attached hydrogen (secondary N) is 1. The van der Waals surface area contributed by atoms with Crippen LogP contribution in [-0.4, -0.2) is 58.5 Å². The molecule has 0 heterocycles. The number of sulfonamides is 1. The van der Waals surface area contributed by atoms with E-state index in [1.807, 2.05) is 38.1 Å². The maximum atomic E-state index is 14.2. The van der Waals surface area contributed by atoms with Crippen LogP contribution in [0.5, 0.6) is 11.5 Å². The summed E-state index contributed by atoms with van der Waals surface area (Å²) in [6.45, 7) is 5.52. The molecule has 0 aliphatic carbocycles. The summed E-state index contributed by atoms with van der Waals surface area (Å²) in [5.41, 5.74) is 1.95. The summed E-state index contributed by atoms with van der Waals surface area (Å²) >= 11 is 0. The third kappa shape index (κ3) is 6.93. The molecule has 0 spiro atoms. The van der Waals surface area contributed by atoms with Crippen LogP contribution in [0.3, 0.4) is 0 Å². The molecule has 3 aromatic rings. The van der Waals surface area contributed by atoms with Crippen LogP contribution in [0.4, 0.5) is 5.69 Å². The minimum absolute atomic E-state index is 0.00824. The maximum Gasteiger partial charge on any atom is 0.264 e. The first-order valence-corrected chi connectivity index (χ1v) is 14.5. The number of anilines is 1. The standard InChI is InChI=1S/C30H37N3O6S/c1-6-26(30(35)31-7-2)32(20-23-14-12-11-13-22(23)3)29(34)21-33(40(36,37)25-15-9-8-10-16-25)27-19-24(38-4)17-18-28(27)39-5/h8-19,26H,6-7,20-21H2,1-5H3,(H,31,35). The van der Waals surface area contributed by atoms with Gasteiger partial charge in [0.05, 0.1) is 24.8 Å². The first-order valence-electron chi connectivity index (χ1n) is 13.1. The van der Waals surface area contributed by atoms with E-state index in [9.17, 15) is 18.0 Å². The number of nitrogens with zero attached hydrogens (tertiary/aromatic N) is 2. The highest BCUT2D eigenvalue weighted by molar-refractivity contribution is 7.92. The van der Waals surface area contributed by atoms with Gasteiger partial charge in [0.15, 0.2) is 0 Å². The lowest BCUT2D eigenvalue weighted by Crippen LogP contribution is -2.52. The smallest absolute Gasteiger partial charge is 0.264 e. The molecule has 1 N–H and O–H groups in total. The molecule has 10 heteroatoms. The Morgan fingerprint density at radius 3 is 2.20 bits per heavy atom. The van der Waals surface area contributed by atoms with Crippen molar-refractivity contribution in [3.63, 3.8) is 0 Å². The number of likely N-dealkylation sites (N-methyl/N-ethyl adjacent to an activating group) is 1. The Hall–Kier alpha value is -4.05. The van der Waals surface area contributed by atoms with E-state index in [1.54, 1.807) is 37.3 Å². The number of aryl methyl sites for hydroxylation is 1. The molecule has 214 valence electrons. The summed E-state index contributed by atoms with van der Waals surface area (Å²) in [5.74, 6) is -0.203. The van der Waals surface area contributed by atoms with Crippen molar-refractivity contribution in [2.75, 3.05) is 31.6 Å².